The highest BCUT2D eigenvalue weighted by Gasteiger charge is 2.53. The van der Waals surface area contributed by atoms with E-state index in [1.54, 1.807) is 4.90 Å². The van der Waals surface area contributed by atoms with Crippen molar-refractivity contribution in [3.05, 3.63) is 35.9 Å². The predicted octanol–water partition coefficient (Wildman–Crippen LogP) is 1.12. The van der Waals surface area contributed by atoms with E-state index in [0.29, 0.717) is 13.2 Å². The van der Waals surface area contributed by atoms with Crippen LogP contribution in [0.1, 0.15) is 18.4 Å². The summed E-state index contributed by atoms with van der Waals surface area (Å²) in [6.07, 6.45) is 1.07. The summed E-state index contributed by atoms with van der Waals surface area (Å²) < 4.78 is 10.1. The van der Waals surface area contributed by atoms with Gasteiger partial charge in [-0.1, -0.05) is 30.3 Å². The van der Waals surface area contributed by atoms with Crippen molar-refractivity contribution in [1.82, 2.24) is 4.90 Å². The Morgan fingerprint density at radius 1 is 1.29 bits per heavy atom. The van der Waals surface area contributed by atoms with Crippen molar-refractivity contribution in [3.8, 4) is 0 Å². The number of benzene rings is 1. The van der Waals surface area contributed by atoms with Crippen LogP contribution in [-0.4, -0.2) is 49.7 Å². The lowest BCUT2D eigenvalue weighted by molar-refractivity contribution is -0.163. The van der Waals surface area contributed by atoms with Crippen LogP contribution in [-0.2, 0) is 24.5 Å². The lowest BCUT2D eigenvalue weighted by atomic mass is 9.94. The summed E-state index contributed by atoms with van der Waals surface area (Å²) in [5.74, 6) is -0.317. The fraction of sp³-hybridized carbons (Fsp3) is 0.500. The van der Waals surface area contributed by atoms with Gasteiger partial charge >= 0.3 is 5.97 Å². The topological polar surface area (TPSA) is 55.8 Å². The summed E-state index contributed by atoms with van der Waals surface area (Å²) in [5.41, 5.74) is 0.676. The van der Waals surface area contributed by atoms with E-state index in [-0.39, 0.29) is 17.9 Å². The summed E-state index contributed by atoms with van der Waals surface area (Å²) in [4.78, 5) is 26.2. The van der Waals surface area contributed by atoms with Gasteiger partial charge in [0.25, 0.3) is 0 Å². The van der Waals surface area contributed by atoms with E-state index < -0.39 is 12.1 Å². The van der Waals surface area contributed by atoms with E-state index in [1.807, 2.05) is 30.3 Å². The molecule has 1 heterocycles. The second kappa shape index (κ2) is 5.48. The van der Waals surface area contributed by atoms with Gasteiger partial charge in [0.2, 0.25) is 5.91 Å². The molecule has 1 aliphatic carbocycles. The molecule has 0 aromatic heterocycles. The minimum Gasteiger partial charge on any atom is -0.467 e. The molecule has 1 aliphatic heterocycles. The van der Waals surface area contributed by atoms with Gasteiger partial charge in [0.05, 0.1) is 25.7 Å². The number of methoxy groups -OCH3 is 1. The summed E-state index contributed by atoms with van der Waals surface area (Å²) in [5, 5.41) is 0. The number of morpholine rings is 1. The molecule has 5 heteroatoms. The number of carbonyl (C=O) groups excluding carboxylic acids is 2. The predicted molar refractivity (Wildman–Crippen MR) is 75.7 cm³/mol. The second-order valence-electron chi connectivity index (χ2n) is 5.58. The van der Waals surface area contributed by atoms with Gasteiger partial charge in [-0.05, 0) is 18.4 Å². The van der Waals surface area contributed by atoms with E-state index in [2.05, 4.69) is 0 Å². The molecule has 0 N–H and O–H groups in total. The number of amides is 1. The Kier molecular flexibility index (Phi) is 3.68. The first-order valence-electron chi connectivity index (χ1n) is 7.22. The summed E-state index contributed by atoms with van der Waals surface area (Å²) in [6.45, 7) is 1.18. The summed E-state index contributed by atoms with van der Waals surface area (Å²) >= 11 is 0. The van der Waals surface area contributed by atoms with E-state index in [0.717, 1.165) is 18.4 Å². The first-order valence-corrected chi connectivity index (χ1v) is 7.22. The smallest absolute Gasteiger partial charge is 0.336 e. The van der Waals surface area contributed by atoms with Crippen LogP contribution in [0.5, 0.6) is 0 Å². The minimum atomic E-state index is -0.667. The quantitative estimate of drug-likeness (QED) is 0.782. The molecule has 2 aliphatic rings. The van der Waals surface area contributed by atoms with Crippen LogP contribution in [0.15, 0.2) is 30.3 Å². The van der Waals surface area contributed by atoms with Crippen LogP contribution in [0.2, 0.25) is 0 Å². The van der Waals surface area contributed by atoms with Gasteiger partial charge in [-0.15, -0.1) is 0 Å². The average Bonchev–Trinajstić information content (AvgIpc) is 3.36. The fourth-order valence-electron chi connectivity index (χ4n) is 2.92. The van der Waals surface area contributed by atoms with Crippen LogP contribution >= 0.6 is 0 Å². The minimum absolute atomic E-state index is 0.103. The molecule has 1 amide bonds. The molecule has 1 aromatic rings. The number of carbonyl (C=O) groups is 2. The number of hydrogen-bond acceptors (Lipinski definition) is 4. The van der Waals surface area contributed by atoms with Gasteiger partial charge in [0.15, 0.2) is 6.10 Å². The van der Waals surface area contributed by atoms with Gasteiger partial charge in [0, 0.05) is 6.54 Å². The van der Waals surface area contributed by atoms with Gasteiger partial charge < -0.3 is 14.4 Å². The number of ether oxygens (including phenoxy) is 2. The lowest BCUT2D eigenvalue weighted by Crippen LogP contribution is -2.51. The molecule has 1 unspecified atom stereocenters. The van der Waals surface area contributed by atoms with Crippen LogP contribution in [0.3, 0.4) is 0 Å². The lowest BCUT2D eigenvalue weighted by Gasteiger charge is -2.34. The molecular weight excluding hydrogens is 270 g/mol. The van der Waals surface area contributed by atoms with Crippen LogP contribution in [0.4, 0.5) is 0 Å². The van der Waals surface area contributed by atoms with Gasteiger partial charge in [-0.2, -0.15) is 0 Å². The maximum Gasteiger partial charge on any atom is 0.336 e. The second-order valence-corrected chi connectivity index (χ2v) is 5.58. The van der Waals surface area contributed by atoms with Crippen molar-refractivity contribution in [2.45, 2.75) is 24.4 Å². The van der Waals surface area contributed by atoms with Crippen LogP contribution in [0, 0.1) is 0 Å². The molecule has 0 bridgehead atoms. The van der Waals surface area contributed by atoms with Gasteiger partial charge in [-0.25, -0.2) is 4.79 Å². The van der Waals surface area contributed by atoms with Gasteiger partial charge in [-0.3, -0.25) is 4.79 Å². The van der Waals surface area contributed by atoms with Crippen molar-refractivity contribution in [1.29, 1.82) is 0 Å². The molecule has 21 heavy (non-hydrogen) atoms. The van der Waals surface area contributed by atoms with Crippen molar-refractivity contribution < 1.29 is 19.1 Å². The number of hydrogen-bond donors (Lipinski definition) is 0. The molecule has 1 saturated carbocycles. The van der Waals surface area contributed by atoms with Crippen molar-refractivity contribution in [3.63, 3.8) is 0 Å². The van der Waals surface area contributed by atoms with Crippen LogP contribution < -0.4 is 0 Å². The maximum absolute atomic E-state index is 12.9. The normalized spacial score (nSPS) is 23.5. The molecule has 1 saturated heterocycles. The van der Waals surface area contributed by atoms with E-state index in [9.17, 15) is 9.59 Å². The Morgan fingerprint density at radius 2 is 2.00 bits per heavy atom. The molecular formula is C16H19NO4. The summed E-state index contributed by atoms with van der Waals surface area (Å²) in [7, 11) is 1.33. The Labute approximate surface area is 123 Å². The number of rotatable bonds is 3. The van der Waals surface area contributed by atoms with Crippen molar-refractivity contribution in [2.75, 3.05) is 26.8 Å². The first kappa shape index (κ1) is 14.1. The zero-order valence-corrected chi connectivity index (χ0v) is 12.1. The summed E-state index contributed by atoms with van der Waals surface area (Å²) in [6, 6.07) is 9.87. The highest BCUT2D eigenvalue weighted by Crippen LogP contribution is 2.49. The van der Waals surface area contributed by atoms with Crippen LogP contribution in [0.25, 0.3) is 0 Å². The maximum atomic E-state index is 12.9. The molecule has 0 radical (unpaired) electrons. The molecule has 5 nitrogen and oxygen atoms in total. The molecule has 1 aromatic carbocycles. The Balaban J connectivity index is 1.75. The number of nitrogens with zero attached hydrogens (tertiary/aromatic N) is 1. The van der Waals surface area contributed by atoms with E-state index in [1.165, 1.54) is 7.11 Å². The highest BCUT2D eigenvalue weighted by molar-refractivity contribution is 5.92. The number of esters is 1. The largest absolute Gasteiger partial charge is 0.467 e. The van der Waals surface area contributed by atoms with E-state index in [4.69, 9.17) is 9.47 Å². The van der Waals surface area contributed by atoms with Crippen molar-refractivity contribution in [2.24, 2.45) is 0 Å². The van der Waals surface area contributed by atoms with Gasteiger partial charge in [0.1, 0.15) is 0 Å². The molecule has 3 rings (SSSR count). The fourth-order valence-corrected chi connectivity index (χ4v) is 2.92. The van der Waals surface area contributed by atoms with E-state index >= 15 is 0 Å². The third kappa shape index (κ3) is 2.53. The Bertz CT molecular complexity index is 538. The average molecular weight is 289 g/mol. The highest BCUT2D eigenvalue weighted by atomic mass is 16.6. The monoisotopic (exact) mass is 289 g/mol. The Hall–Kier alpha value is -1.88. The molecule has 1 atom stereocenters. The Morgan fingerprint density at radius 3 is 2.62 bits per heavy atom. The third-order valence-electron chi connectivity index (χ3n) is 4.30. The zero-order chi connectivity index (χ0) is 14.9. The van der Waals surface area contributed by atoms with Crippen molar-refractivity contribution >= 4 is 11.9 Å². The SMILES string of the molecule is COC(=O)C1CN(C(=O)C2(c3ccccc3)CC2)CCO1. The zero-order valence-electron chi connectivity index (χ0n) is 12.1. The molecule has 112 valence electrons. The standard InChI is InChI=1S/C16H19NO4/c1-20-14(18)13-11-17(9-10-21-13)15(19)16(7-8-16)12-5-3-2-4-6-12/h2-6,13H,7-11H2,1H3. The first-order chi connectivity index (χ1) is 10.2. The third-order valence-corrected chi connectivity index (χ3v) is 4.30. The molecule has 2 fully saturated rings. The molecule has 0 spiro atoms.